The van der Waals surface area contributed by atoms with Gasteiger partial charge in [0.25, 0.3) is 0 Å². The van der Waals surface area contributed by atoms with Crippen molar-refractivity contribution in [2.24, 2.45) is 5.92 Å². The molecular weight excluding hydrogens is 226 g/mol. The number of hydrogen-bond donors (Lipinski definition) is 1. The minimum absolute atomic E-state index is 0.0401. The molecule has 0 spiro atoms. The summed E-state index contributed by atoms with van der Waals surface area (Å²) in [4.78, 5) is 15.7. The van der Waals surface area contributed by atoms with Gasteiger partial charge in [0.15, 0.2) is 0 Å². The van der Waals surface area contributed by atoms with Gasteiger partial charge in [0, 0.05) is 29.7 Å². The van der Waals surface area contributed by atoms with Crippen molar-refractivity contribution in [1.82, 2.24) is 9.55 Å². The number of nitrogens with zero attached hydrogens (tertiary/aromatic N) is 2. The molecule has 2 rings (SSSR count). The number of aromatic nitrogens is 2. The smallest absolute Gasteiger partial charge is 0.227 e. The van der Waals surface area contributed by atoms with Gasteiger partial charge in [-0.25, -0.2) is 4.98 Å². The average molecular weight is 243 g/mol. The van der Waals surface area contributed by atoms with Gasteiger partial charge in [0.05, 0.1) is 6.33 Å². The summed E-state index contributed by atoms with van der Waals surface area (Å²) in [5.41, 5.74) is 1.85. The molecule has 0 bridgehead atoms. The van der Waals surface area contributed by atoms with Gasteiger partial charge < -0.3 is 9.88 Å². The first-order chi connectivity index (χ1) is 8.70. The lowest BCUT2D eigenvalue weighted by Crippen LogP contribution is -2.19. The van der Waals surface area contributed by atoms with Crippen LogP contribution in [0.15, 0.2) is 43.0 Å². The van der Waals surface area contributed by atoms with E-state index in [0.29, 0.717) is 0 Å². The fourth-order valence-corrected chi connectivity index (χ4v) is 1.58. The van der Waals surface area contributed by atoms with Gasteiger partial charge in [0.2, 0.25) is 5.91 Å². The minimum atomic E-state index is 0.0401. The SMILES string of the molecule is CCC(C)C(=O)Nc1ccc(-n2ccnc2)cc1. The molecule has 0 fully saturated rings. The lowest BCUT2D eigenvalue weighted by Gasteiger charge is -2.10. The van der Waals surface area contributed by atoms with E-state index in [2.05, 4.69) is 10.3 Å². The summed E-state index contributed by atoms with van der Waals surface area (Å²) in [5.74, 6) is 0.103. The van der Waals surface area contributed by atoms with E-state index < -0.39 is 0 Å². The van der Waals surface area contributed by atoms with Crippen molar-refractivity contribution < 1.29 is 4.79 Å². The maximum absolute atomic E-state index is 11.7. The zero-order valence-corrected chi connectivity index (χ0v) is 10.6. The highest BCUT2D eigenvalue weighted by atomic mass is 16.1. The van der Waals surface area contributed by atoms with Crippen LogP contribution in [0, 0.1) is 5.92 Å². The fourth-order valence-electron chi connectivity index (χ4n) is 1.58. The number of nitrogens with one attached hydrogen (secondary N) is 1. The Morgan fingerprint density at radius 3 is 2.67 bits per heavy atom. The van der Waals surface area contributed by atoms with Gasteiger partial charge in [-0.3, -0.25) is 4.79 Å². The van der Waals surface area contributed by atoms with Crippen LogP contribution in [0.5, 0.6) is 0 Å². The zero-order valence-electron chi connectivity index (χ0n) is 10.6. The van der Waals surface area contributed by atoms with Crippen LogP contribution >= 0.6 is 0 Å². The number of benzene rings is 1. The maximum Gasteiger partial charge on any atom is 0.227 e. The van der Waals surface area contributed by atoms with Crippen LogP contribution in [0.1, 0.15) is 20.3 Å². The van der Waals surface area contributed by atoms with Crippen LogP contribution in [-0.2, 0) is 4.79 Å². The summed E-state index contributed by atoms with van der Waals surface area (Å²) in [7, 11) is 0. The highest BCUT2D eigenvalue weighted by Gasteiger charge is 2.10. The monoisotopic (exact) mass is 243 g/mol. The fraction of sp³-hybridized carbons (Fsp3) is 0.286. The molecule has 18 heavy (non-hydrogen) atoms. The molecule has 0 radical (unpaired) electrons. The van der Waals surface area contributed by atoms with E-state index in [0.717, 1.165) is 17.8 Å². The number of carbonyl (C=O) groups excluding carboxylic acids is 1. The second-order valence-corrected chi connectivity index (χ2v) is 4.32. The summed E-state index contributed by atoms with van der Waals surface area (Å²) in [6.45, 7) is 3.93. The first-order valence-electron chi connectivity index (χ1n) is 6.10. The van der Waals surface area contributed by atoms with Crippen LogP contribution in [0.2, 0.25) is 0 Å². The van der Waals surface area contributed by atoms with Crippen molar-refractivity contribution in [1.29, 1.82) is 0 Å². The molecule has 0 saturated heterocycles. The molecule has 1 amide bonds. The van der Waals surface area contributed by atoms with Gasteiger partial charge >= 0.3 is 0 Å². The Labute approximate surface area is 107 Å². The van der Waals surface area contributed by atoms with Gasteiger partial charge in [-0.1, -0.05) is 13.8 Å². The summed E-state index contributed by atoms with van der Waals surface area (Å²) >= 11 is 0. The van der Waals surface area contributed by atoms with Crippen molar-refractivity contribution >= 4 is 11.6 Å². The second-order valence-electron chi connectivity index (χ2n) is 4.32. The van der Waals surface area contributed by atoms with Crippen LogP contribution in [-0.4, -0.2) is 15.5 Å². The number of rotatable bonds is 4. The minimum Gasteiger partial charge on any atom is -0.326 e. The summed E-state index contributed by atoms with van der Waals surface area (Å²) in [6, 6.07) is 7.70. The van der Waals surface area contributed by atoms with Crippen molar-refractivity contribution in [3.63, 3.8) is 0 Å². The molecule has 4 heteroatoms. The number of anilines is 1. The van der Waals surface area contributed by atoms with Crippen LogP contribution in [0.25, 0.3) is 5.69 Å². The third-order valence-electron chi connectivity index (χ3n) is 3.00. The predicted octanol–water partition coefficient (Wildman–Crippen LogP) is 2.86. The lowest BCUT2D eigenvalue weighted by atomic mass is 10.1. The summed E-state index contributed by atoms with van der Waals surface area (Å²) < 4.78 is 1.92. The molecule has 1 aromatic heterocycles. The van der Waals surface area contributed by atoms with Crippen LogP contribution < -0.4 is 5.32 Å². The standard InChI is InChI=1S/C14H17N3O/c1-3-11(2)14(18)16-12-4-6-13(7-5-12)17-9-8-15-10-17/h4-11H,3H2,1-2H3,(H,16,18). The summed E-state index contributed by atoms with van der Waals surface area (Å²) in [6.07, 6.45) is 6.21. The summed E-state index contributed by atoms with van der Waals surface area (Å²) in [5, 5.41) is 2.90. The number of carbonyl (C=O) groups is 1. The van der Waals surface area contributed by atoms with Crippen LogP contribution in [0.4, 0.5) is 5.69 Å². The first kappa shape index (κ1) is 12.4. The molecule has 2 aromatic rings. The highest BCUT2D eigenvalue weighted by molar-refractivity contribution is 5.92. The molecule has 4 nitrogen and oxygen atoms in total. The van der Waals surface area contributed by atoms with Crippen LogP contribution in [0.3, 0.4) is 0 Å². The Hall–Kier alpha value is -2.10. The zero-order chi connectivity index (χ0) is 13.0. The van der Waals surface area contributed by atoms with Crippen molar-refractivity contribution in [3.8, 4) is 5.69 Å². The van der Waals surface area contributed by atoms with Crippen molar-refractivity contribution in [2.75, 3.05) is 5.32 Å². The molecule has 1 N–H and O–H groups in total. The highest BCUT2D eigenvalue weighted by Crippen LogP contribution is 2.14. The number of imidazole rings is 1. The van der Waals surface area contributed by atoms with E-state index >= 15 is 0 Å². The number of amides is 1. The van der Waals surface area contributed by atoms with E-state index in [1.807, 2.05) is 48.9 Å². The Balaban J connectivity index is 2.06. The molecule has 1 atom stereocenters. The Kier molecular flexibility index (Phi) is 3.77. The number of hydrogen-bond acceptors (Lipinski definition) is 2. The predicted molar refractivity (Wildman–Crippen MR) is 71.6 cm³/mol. The van der Waals surface area contributed by atoms with E-state index in [-0.39, 0.29) is 11.8 Å². The Bertz CT molecular complexity index is 502. The Morgan fingerprint density at radius 2 is 2.11 bits per heavy atom. The molecule has 1 aromatic carbocycles. The molecule has 0 aliphatic carbocycles. The molecule has 0 aliphatic heterocycles. The van der Waals surface area contributed by atoms with E-state index in [1.54, 1.807) is 12.5 Å². The largest absolute Gasteiger partial charge is 0.326 e. The first-order valence-corrected chi connectivity index (χ1v) is 6.10. The third kappa shape index (κ3) is 2.77. The third-order valence-corrected chi connectivity index (χ3v) is 3.00. The van der Waals surface area contributed by atoms with Gasteiger partial charge in [-0.05, 0) is 30.7 Å². The van der Waals surface area contributed by atoms with E-state index in [9.17, 15) is 4.79 Å². The molecule has 0 saturated carbocycles. The molecule has 1 unspecified atom stereocenters. The molecule has 1 heterocycles. The lowest BCUT2D eigenvalue weighted by molar-refractivity contribution is -0.119. The van der Waals surface area contributed by atoms with Gasteiger partial charge in [-0.2, -0.15) is 0 Å². The quantitative estimate of drug-likeness (QED) is 0.897. The molecular formula is C14H17N3O. The average Bonchev–Trinajstić information content (AvgIpc) is 2.92. The van der Waals surface area contributed by atoms with E-state index in [1.165, 1.54) is 0 Å². The normalized spacial score (nSPS) is 12.1. The topological polar surface area (TPSA) is 46.9 Å². The van der Waals surface area contributed by atoms with E-state index in [4.69, 9.17) is 0 Å². The molecule has 94 valence electrons. The van der Waals surface area contributed by atoms with Crippen molar-refractivity contribution in [3.05, 3.63) is 43.0 Å². The van der Waals surface area contributed by atoms with Gasteiger partial charge in [-0.15, -0.1) is 0 Å². The van der Waals surface area contributed by atoms with Crippen molar-refractivity contribution in [2.45, 2.75) is 20.3 Å². The second kappa shape index (κ2) is 5.49. The van der Waals surface area contributed by atoms with Gasteiger partial charge in [0.1, 0.15) is 0 Å². The molecule has 0 aliphatic rings. The maximum atomic E-state index is 11.7. The Morgan fingerprint density at radius 1 is 1.39 bits per heavy atom.